The summed E-state index contributed by atoms with van der Waals surface area (Å²) in [6.07, 6.45) is 3.52. The van der Waals surface area contributed by atoms with Gasteiger partial charge < -0.3 is 10.5 Å². The molecule has 8 heteroatoms. The molecule has 1 aliphatic carbocycles. The maximum absolute atomic E-state index is 12.7. The van der Waals surface area contributed by atoms with Crippen molar-refractivity contribution in [3.05, 3.63) is 22.7 Å². The van der Waals surface area contributed by atoms with Crippen molar-refractivity contribution in [3.8, 4) is 5.75 Å². The van der Waals surface area contributed by atoms with E-state index in [-0.39, 0.29) is 22.3 Å². The molecule has 0 aliphatic heterocycles. The zero-order valence-electron chi connectivity index (χ0n) is 12.7. The molecule has 0 unspecified atom stereocenters. The Bertz CT molecular complexity index is 629. The quantitative estimate of drug-likeness (QED) is 0.836. The molecule has 1 fully saturated rings. The van der Waals surface area contributed by atoms with Crippen molar-refractivity contribution < 1.29 is 13.2 Å². The summed E-state index contributed by atoms with van der Waals surface area (Å²) in [5.74, 6) is 0.461. The molecule has 0 saturated heterocycles. The van der Waals surface area contributed by atoms with Crippen LogP contribution >= 0.6 is 24.0 Å². The van der Waals surface area contributed by atoms with Crippen LogP contribution in [-0.4, -0.2) is 27.6 Å². The Balaban J connectivity index is 0.00000242. The first-order valence-corrected chi connectivity index (χ1v) is 8.78. The Morgan fingerprint density at radius 3 is 2.45 bits per heavy atom. The Morgan fingerprint density at radius 1 is 1.36 bits per heavy atom. The molecule has 5 nitrogen and oxygen atoms in total. The fraction of sp³-hybridized carbons (Fsp3) is 0.571. The second-order valence-electron chi connectivity index (χ2n) is 5.55. The largest absolute Gasteiger partial charge is 0.495 e. The van der Waals surface area contributed by atoms with Gasteiger partial charge in [0.1, 0.15) is 5.75 Å². The summed E-state index contributed by atoms with van der Waals surface area (Å²) >= 11 is 6.05. The van der Waals surface area contributed by atoms with E-state index >= 15 is 0 Å². The predicted molar refractivity (Wildman–Crippen MR) is 90.6 cm³/mol. The van der Waals surface area contributed by atoms with Gasteiger partial charge in [-0.15, -0.1) is 12.4 Å². The molecular weight excluding hydrogens is 347 g/mol. The number of hydrogen-bond acceptors (Lipinski definition) is 4. The highest BCUT2D eigenvalue weighted by molar-refractivity contribution is 7.89. The number of ether oxygens (including phenoxy) is 1. The maximum atomic E-state index is 12.7. The number of sulfonamides is 1. The van der Waals surface area contributed by atoms with Crippen LogP contribution in [0, 0.1) is 6.92 Å². The summed E-state index contributed by atoms with van der Waals surface area (Å²) in [7, 11) is -2.17. The summed E-state index contributed by atoms with van der Waals surface area (Å²) < 4.78 is 33.2. The molecular formula is C14H22Cl2N2O3S. The van der Waals surface area contributed by atoms with E-state index in [0.717, 1.165) is 25.7 Å². The lowest BCUT2D eigenvalue weighted by molar-refractivity contribution is 0.399. The third-order valence-electron chi connectivity index (χ3n) is 4.04. The molecule has 0 aromatic heterocycles. The molecule has 22 heavy (non-hydrogen) atoms. The zero-order valence-corrected chi connectivity index (χ0v) is 15.1. The van der Waals surface area contributed by atoms with Gasteiger partial charge in [0.2, 0.25) is 10.0 Å². The van der Waals surface area contributed by atoms with E-state index in [1.54, 1.807) is 13.0 Å². The van der Waals surface area contributed by atoms with Gasteiger partial charge in [0.05, 0.1) is 17.0 Å². The molecule has 0 bridgehead atoms. The van der Waals surface area contributed by atoms with Crippen molar-refractivity contribution in [2.75, 3.05) is 13.7 Å². The van der Waals surface area contributed by atoms with E-state index in [9.17, 15) is 8.42 Å². The predicted octanol–water partition coefficient (Wildman–Crippen LogP) is 2.63. The molecule has 2 rings (SSSR count). The van der Waals surface area contributed by atoms with Gasteiger partial charge in [0.15, 0.2) is 0 Å². The van der Waals surface area contributed by atoms with Crippen LogP contribution in [0.25, 0.3) is 0 Å². The first-order chi connectivity index (χ1) is 9.83. The van der Waals surface area contributed by atoms with Crippen LogP contribution in [0.4, 0.5) is 0 Å². The van der Waals surface area contributed by atoms with Gasteiger partial charge in [0, 0.05) is 12.1 Å². The first-order valence-electron chi connectivity index (χ1n) is 6.92. The zero-order chi connectivity index (χ0) is 15.7. The van der Waals surface area contributed by atoms with Gasteiger partial charge >= 0.3 is 0 Å². The molecule has 3 N–H and O–H groups in total. The minimum absolute atomic E-state index is 0. The highest BCUT2D eigenvalue weighted by Gasteiger charge is 2.37. The SMILES string of the molecule is COc1cc(C)c(S(=O)(=O)NC2(CN)CCCC2)cc1Cl.Cl. The van der Waals surface area contributed by atoms with E-state index < -0.39 is 15.6 Å². The van der Waals surface area contributed by atoms with Crippen LogP contribution < -0.4 is 15.2 Å². The monoisotopic (exact) mass is 368 g/mol. The molecule has 126 valence electrons. The van der Waals surface area contributed by atoms with Crippen LogP contribution in [0.2, 0.25) is 5.02 Å². The topological polar surface area (TPSA) is 81.4 Å². The van der Waals surface area contributed by atoms with Crippen molar-refractivity contribution >= 4 is 34.0 Å². The van der Waals surface area contributed by atoms with Gasteiger partial charge in [-0.2, -0.15) is 0 Å². The van der Waals surface area contributed by atoms with E-state index in [2.05, 4.69) is 4.72 Å². The lowest BCUT2D eigenvalue weighted by Crippen LogP contribution is -2.51. The molecule has 0 amide bonds. The molecule has 0 heterocycles. The van der Waals surface area contributed by atoms with Crippen molar-refractivity contribution in [1.29, 1.82) is 0 Å². The molecule has 0 atom stereocenters. The number of benzene rings is 1. The summed E-state index contributed by atoms with van der Waals surface area (Å²) in [6, 6.07) is 3.05. The summed E-state index contributed by atoms with van der Waals surface area (Å²) in [5.41, 5.74) is 5.86. The molecule has 1 aliphatic rings. The first kappa shape index (κ1) is 19.5. The van der Waals surface area contributed by atoms with Crippen LogP contribution in [0.5, 0.6) is 5.75 Å². The van der Waals surface area contributed by atoms with E-state index in [1.807, 2.05) is 0 Å². The highest BCUT2D eigenvalue weighted by atomic mass is 35.5. The number of methoxy groups -OCH3 is 1. The van der Waals surface area contributed by atoms with Gasteiger partial charge in [-0.3, -0.25) is 0 Å². The standard InChI is InChI=1S/C14H21ClN2O3S.ClH/c1-10-7-12(20-2)11(15)8-13(10)21(18,19)17-14(9-16)5-3-4-6-14;/h7-8,17H,3-6,9,16H2,1-2H3;1H. The molecule has 1 aromatic carbocycles. The Kier molecular flexibility index (Phi) is 6.53. The normalized spacial score (nSPS) is 17.1. The van der Waals surface area contributed by atoms with Gasteiger partial charge in [-0.25, -0.2) is 13.1 Å². The minimum Gasteiger partial charge on any atom is -0.495 e. The van der Waals surface area contributed by atoms with Crippen molar-refractivity contribution in [2.24, 2.45) is 5.73 Å². The van der Waals surface area contributed by atoms with Crippen molar-refractivity contribution in [1.82, 2.24) is 4.72 Å². The van der Waals surface area contributed by atoms with Crippen LogP contribution in [-0.2, 0) is 10.0 Å². The van der Waals surface area contributed by atoms with E-state index in [1.165, 1.54) is 13.2 Å². The van der Waals surface area contributed by atoms with E-state index in [4.69, 9.17) is 22.1 Å². The maximum Gasteiger partial charge on any atom is 0.241 e. The van der Waals surface area contributed by atoms with Gasteiger partial charge in [0.25, 0.3) is 0 Å². The second kappa shape index (κ2) is 7.36. The van der Waals surface area contributed by atoms with Crippen LogP contribution in [0.1, 0.15) is 31.2 Å². The number of aryl methyl sites for hydroxylation is 1. The minimum atomic E-state index is -3.66. The summed E-state index contributed by atoms with van der Waals surface area (Å²) in [6.45, 7) is 2.02. The van der Waals surface area contributed by atoms with Crippen molar-refractivity contribution in [2.45, 2.75) is 43.0 Å². The third-order valence-corrected chi connectivity index (χ3v) is 6.06. The lowest BCUT2D eigenvalue weighted by Gasteiger charge is -2.28. The molecule has 0 spiro atoms. The van der Waals surface area contributed by atoms with Crippen LogP contribution in [0.3, 0.4) is 0 Å². The van der Waals surface area contributed by atoms with Gasteiger partial charge in [-0.05, 0) is 37.5 Å². The van der Waals surface area contributed by atoms with E-state index in [0.29, 0.717) is 17.9 Å². The summed E-state index contributed by atoms with van der Waals surface area (Å²) in [4.78, 5) is 0.174. The number of hydrogen-bond donors (Lipinski definition) is 2. The Morgan fingerprint density at radius 2 is 1.95 bits per heavy atom. The van der Waals surface area contributed by atoms with Gasteiger partial charge in [-0.1, -0.05) is 24.4 Å². The Hall–Kier alpha value is -0.530. The third kappa shape index (κ3) is 3.86. The number of rotatable bonds is 5. The fourth-order valence-electron chi connectivity index (χ4n) is 2.82. The Labute approximate surface area is 143 Å². The smallest absolute Gasteiger partial charge is 0.241 e. The molecule has 1 saturated carbocycles. The van der Waals surface area contributed by atoms with Crippen LogP contribution in [0.15, 0.2) is 17.0 Å². The lowest BCUT2D eigenvalue weighted by atomic mass is 10.0. The fourth-order valence-corrected chi connectivity index (χ4v) is 4.85. The molecule has 0 radical (unpaired) electrons. The van der Waals surface area contributed by atoms with Crippen molar-refractivity contribution in [3.63, 3.8) is 0 Å². The summed E-state index contributed by atoms with van der Waals surface area (Å²) in [5, 5.41) is 0.275. The second-order valence-corrected chi connectivity index (χ2v) is 7.61. The average Bonchev–Trinajstić information content (AvgIpc) is 2.89. The number of halogens is 2. The molecule has 1 aromatic rings. The highest BCUT2D eigenvalue weighted by Crippen LogP contribution is 2.33. The number of nitrogens with one attached hydrogen (secondary N) is 1. The average molecular weight is 369 g/mol. The number of nitrogens with two attached hydrogens (primary N) is 1.